The predicted octanol–water partition coefficient (Wildman–Crippen LogP) is -0.435. The van der Waals surface area contributed by atoms with Crippen molar-refractivity contribution < 1.29 is 9.53 Å². The summed E-state index contributed by atoms with van der Waals surface area (Å²) >= 11 is 0. The highest BCUT2D eigenvalue weighted by Crippen LogP contribution is 2.30. The second kappa shape index (κ2) is 2.04. The Kier molecular flexibility index (Phi) is 1.28. The summed E-state index contributed by atoms with van der Waals surface area (Å²) in [7, 11) is 0. The first-order chi connectivity index (χ1) is 4.83. The molecule has 2 aliphatic rings. The molecule has 0 atom stereocenters. The number of nitrogens with one attached hydrogen (secondary N) is 1. The lowest BCUT2D eigenvalue weighted by atomic mass is 9.78. The molecular weight excluding hydrogens is 130 g/mol. The molecular formula is C7H11NO2. The van der Waals surface area contributed by atoms with Gasteiger partial charge in [-0.2, -0.15) is 0 Å². The van der Waals surface area contributed by atoms with Gasteiger partial charge in [-0.25, -0.2) is 0 Å². The lowest BCUT2D eigenvalue weighted by molar-refractivity contribution is -0.161. The molecule has 0 amide bonds. The molecule has 0 unspecified atom stereocenters. The monoisotopic (exact) mass is 141 g/mol. The van der Waals surface area contributed by atoms with Crippen LogP contribution in [0.4, 0.5) is 0 Å². The van der Waals surface area contributed by atoms with Crippen molar-refractivity contribution in [1.82, 2.24) is 5.32 Å². The number of hydrogen-bond acceptors (Lipinski definition) is 3. The number of Topliss-reactive ketones (excluding diaryl/α,β-unsaturated/α-hetero) is 1. The van der Waals surface area contributed by atoms with Gasteiger partial charge in [0.2, 0.25) is 0 Å². The summed E-state index contributed by atoms with van der Waals surface area (Å²) in [6.45, 7) is 2.95. The third-order valence-electron chi connectivity index (χ3n) is 2.34. The Morgan fingerprint density at radius 2 is 2.30 bits per heavy atom. The van der Waals surface area contributed by atoms with E-state index < -0.39 is 0 Å². The molecule has 3 nitrogen and oxygen atoms in total. The van der Waals surface area contributed by atoms with Crippen LogP contribution in [0, 0.1) is 5.41 Å². The second-order valence-corrected chi connectivity index (χ2v) is 3.12. The summed E-state index contributed by atoms with van der Waals surface area (Å²) in [5, 5.41) is 3.21. The first kappa shape index (κ1) is 6.31. The van der Waals surface area contributed by atoms with Gasteiger partial charge >= 0.3 is 0 Å². The molecule has 0 aromatic rings. The van der Waals surface area contributed by atoms with Crippen molar-refractivity contribution in [2.24, 2.45) is 5.41 Å². The minimum Gasteiger partial charge on any atom is -0.379 e. The molecule has 1 N–H and O–H groups in total. The smallest absolute Gasteiger partial charge is 0.146 e. The number of carbonyl (C=O) groups is 1. The van der Waals surface area contributed by atoms with Crippen LogP contribution in [-0.4, -0.2) is 32.1 Å². The molecule has 0 saturated carbocycles. The van der Waals surface area contributed by atoms with E-state index in [4.69, 9.17) is 4.74 Å². The molecule has 2 saturated heterocycles. The summed E-state index contributed by atoms with van der Waals surface area (Å²) in [5.74, 6) is 0.387. The van der Waals surface area contributed by atoms with E-state index in [1.54, 1.807) is 0 Å². The van der Waals surface area contributed by atoms with Crippen molar-refractivity contribution in [3.63, 3.8) is 0 Å². The number of hydrogen-bond donors (Lipinski definition) is 1. The minimum absolute atomic E-state index is 0.113. The zero-order chi connectivity index (χ0) is 7.03. The molecule has 0 aromatic carbocycles. The molecule has 10 heavy (non-hydrogen) atoms. The van der Waals surface area contributed by atoms with E-state index in [0.29, 0.717) is 25.4 Å². The fourth-order valence-corrected chi connectivity index (χ4v) is 1.50. The molecule has 3 heteroatoms. The van der Waals surface area contributed by atoms with E-state index in [1.807, 2.05) is 0 Å². The van der Waals surface area contributed by atoms with E-state index in [1.165, 1.54) is 0 Å². The maximum Gasteiger partial charge on any atom is 0.146 e. The van der Waals surface area contributed by atoms with Gasteiger partial charge in [0.1, 0.15) is 5.78 Å². The third-order valence-corrected chi connectivity index (χ3v) is 2.34. The van der Waals surface area contributed by atoms with Crippen LogP contribution >= 0.6 is 0 Å². The van der Waals surface area contributed by atoms with E-state index in [2.05, 4.69) is 5.32 Å². The summed E-state index contributed by atoms with van der Waals surface area (Å²) in [6.07, 6.45) is 0.684. The van der Waals surface area contributed by atoms with Crippen molar-refractivity contribution in [3.05, 3.63) is 0 Å². The number of ketones is 1. The van der Waals surface area contributed by atoms with Gasteiger partial charge in [-0.1, -0.05) is 0 Å². The standard InChI is InChI=1S/C7H11NO2/c9-6-1-2-8-3-7(6)4-10-5-7/h8H,1-5H2. The average molecular weight is 141 g/mol. The maximum absolute atomic E-state index is 11.3. The largest absolute Gasteiger partial charge is 0.379 e. The highest BCUT2D eigenvalue weighted by atomic mass is 16.5. The van der Waals surface area contributed by atoms with Crippen molar-refractivity contribution in [1.29, 1.82) is 0 Å². The number of carbonyl (C=O) groups excluding carboxylic acids is 1. The van der Waals surface area contributed by atoms with Gasteiger partial charge in [-0.3, -0.25) is 4.79 Å². The zero-order valence-corrected chi connectivity index (χ0v) is 5.85. The Hall–Kier alpha value is -0.410. The Morgan fingerprint density at radius 3 is 2.70 bits per heavy atom. The van der Waals surface area contributed by atoms with E-state index >= 15 is 0 Å². The Balaban J connectivity index is 2.10. The summed E-state index contributed by atoms with van der Waals surface area (Å²) in [4.78, 5) is 11.3. The van der Waals surface area contributed by atoms with Crippen LogP contribution in [0.3, 0.4) is 0 Å². The first-order valence-corrected chi connectivity index (χ1v) is 3.65. The van der Waals surface area contributed by atoms with Gasteiger partial charge in [-0.05, 0) is 0 Å². The highest BCUT2D eigenvalue weighted by molar-refractivity contribution is 5.87. The van der Waals surface area contributed by atoms with Gasteiger partial charge < -0.3 is 10.1 Å². The number of rotatable bonds is 0. The zero-order valence-electron chi connectivity index (χ0n) is 5.85. The van der Waals surface area contributed by atoms with E-state index in [-0.39, 0.29) is 5.41 Å². The average Bonchev–Trinajstić information content (AvgIpc) is 1.85. The third kappa shape index (κ3) is 0.707. The van der Waals surface area contributed by atoms with Crippen LogP contribution in [0.5, 0.6) is 0 Å². The molecule has 2 heterocycles. The topological polar surface area (TPSA) is 38.3 Å². The Bertz CT molecular complexity index is 163. The number of piperidine rings is 1. The molecule has 0 aliphatic carbocycles. The van der Waals surface area contributed by atoms with E-state index in [0.717, 1.165) is 13.1 Å². The molecule has 2 fully saturated rings. The summed E-state index contributed by atoms with van der Waals surface area (Å²) < 4.78 is 5.03. The molecule has 2 aliphatic heterocycles. The van der Waals surface area contributed by atoms with Crippen LogP contribution in [0.25, 0.3) is 0 Å². The lowest BCUT2D eigenvalue weighted by Gasteiger charge is -2.42. The first-order valence-electron chi connectivity index (χ1n) is 3.65. The van der Waals surface area contributed by atoms with Gasteiger partial charge in [0.05, 0.1) is 18.6 Å². The van der Waals surface area contributed by atoms with Crippen LogP contribution in [0.15, 0.2) is 0 Å². The van der Waals surface area contributed by atoms with E-state index in [9.17, 15) is 4.79 Å². The van der Waals surface area contributed by atoms with Crippen LogP contribution in [-0.2, 0) is 9.53 Å². The second-order valence-electron chi connectivity index (χ2n) is 3.12. The maximum atomic E-state index is 11.3. The summed E-state index contributed by atoms with van der Waals surface area (Å²) in [6, 6.07) is 0. The Morgan fingerprint density at radius 1 is 1.50 bits per heavy atom. The fraction of sp³-hybridized carbons (Fsp3) is 0.857. The van der Waals surface area contributed by atoms with Crippen molar-refractivity contribution >= 4 is 5.78 Å². The quantitative estimate of drug-likeness (QED) is 0.497. The van der Waals surface area contributed by atoms with Crippen LogP contribution < -0.4 is 5.32 Å². The molecule has 0 aromatic heterocycles. The summed E-state index contributed by atoms with van der Waals surface area (Å²) in [5.41, 5.74) is -0.113. The SMILES string of the molecule is O=C1CCNCC12COC2. The van der Waals surface area contributed by atoms with Gasteiger partial charge in [0, 0.05) is 19.5 Å². The van der Waals surface area contributed by atoms with Gasteiger partial charge in [0.15, 0.2) is 0 Å². The molecule has 2 rings (SSSR count). The number of ether oxygens (including phenoxy) is 1. The highest BCUT2D eigenvalue weighted by Gasteiger charge is 2.46. The molecule has 1 spiro atoms. The lowest BCUT2D eigenvalue weighted by Crippen LogP contribution is -2.58. The van der Waals surface area contributed by atoms with Crippen molar-refractivity contribution in [3.8, 4) is 0 Å². The molecule has 56 valence electrons. The normalized spacial score (nSPS) is 30.2. The molecule has 0 radical (unpaired) electrons. The van der Waals surface area contributed by atoms with Crippen LogP contribution in [0.1, 0.15) is 6.42 Å². The Labute approximate surface area is 59.7 Å². The van der Waals surface area contributed by atoms with Crippen molar-refractivity contribution in [2.45, 2.75) is 6.42 Å². The van der Waals surface area contributed by atoms with Gasteiger partial charge in [-0.15, -0.1) is 0 Å². The molecule has 0 bridgehead atoms. The minimum atomic E-state index is -0.113. The van der Waals surface area contributed by atoms with Crippen LogP contribution in [0.2, 0.25) is 0 Å². The fourth-order valence-electron chi connectivity index (χ4n) is 1.50. The van der Waals surface area contributed by atoms with Crippen molar-refractivity contribution in [2.75, 3.05) is 26.3 Å². The van der Waals surface area contributed by atoms with Gasteiger partial charge in [0.25, 0.3) is 0 Å². The predicted molar refractivity (Wildman–Crippen MR) is 35.7 cm³/mol.